The van der Waals surface area contributed by atoms with Crippen molar-refractivity contribution < 1.29 is 41.2 Å². The van der Waals surface area contributed by atoms with E-state index in [0.29, 0.717) is 0 Å². The van der Waals surface area contributed by atoms with Crippen LogP contribution in [0.4, 0.5) is 28.0 Å². The number of nitrogens with zero attached hydrogens (tertiary/aromatic N) is 4. The van der Waals surface area contributed by atoms with Gasteiger partial charge in [-0.2, -0.15) is 18.3 Å². The Labute approximate surface area is 204 Å². The summed E-state index contributed by atoms with van der Waals surface area (Å²) >= 11 is 0. The number of alkyl halides is 3. The van der Waals surface area contributed by atoms with Gasteiger partial charge in [0.05, 0.1) is 29.3 Å². The van der Waals surface area contributed by atoms with Crippen molar-refractivity contribution in [3.05, 3.63) is 35.4 Å². The Morgan fingerprint density at radius 2 is 1.86 bits per heavy atom. The van der Waals surface area contributed by atoms with E-state index in [1.54, 1.807) is 18.7 Å². The minimum Gasteiger partial charge on any atom is -0.372 e. The highest BCUT2D eigenvalue weighted by Gasteiger charge is 2.63. The molecular formula is C22H18F4N6O5. The maximum absolute atomic E-state index is 16.0. The second-order valence-corrected chi connectivity index (χ2v) is 9.36. The molecule has 2 N–H and O–H groups in total. The van der Waals surface area contributed by atoms with Crippen LogP contribution >= 0.6 is 0 Å². The van der Waals surface area contributed by atoms with Crippen molar-refractivity contribution in [2.24, 2.45) is 5.41 Å². The third-order valence-electron chi connectivity index (χ3n) is 7.04. The van der Waals surface area contributed by atoms with Gasteiger partial charge < -0.3 is 14.2 Å². The molecule has 0 bridgehead atoms. The summed E-state index contributed by atoms with van der Waals surface area (Å²) < 4.78 is 67.1. The minimum absolute atomic E-state index is 0.0104. The molecule has 2 fully saturated rings. The maximum atomic E-state index is 16.0. The Morgan fingerprint density at radius 3 is 2.51 bits per heavy atom. The third-order valence-corrected chi connectivity index (χ3v) is 7.04. The number of benzene rings is 1. The van der Waals surface area contributed by atoms with Crippen molar-refractivity contribution in [1.29, 1.82) is 0 Å². The number of anilines is 1. The molecule has 2 saturated heterocycles. The number of halogens is 4. The zero-order valence-electron chi connectivity index (χ0n) is 19.2. The zero-order chi connectivity index (χ0) is 26.4. The quantitative estimate of drug-likeness (QED) is 0.367. The number of fused-ring (bicyclic) bond motifs is 5. The number of hydrogen-bond acceptors (Lipinski definition) is 8. The second-order valence-electron chi connectivity index (χ2n) is 9.36. The van der Waals surface area contributed by atoms with E-state index in [1.807, 2.05) is 0 Å². The molecular weight excluding hydrogens is 504 g/mol. The molecule has 3 aliphatic rings. The molecule has 6 rings (SSSR count). The molecule has 1 spiro atoms. The molecule has 5 heterocycles. The van der Waals surface area contributed by atoms with Gasteiger partial charge in [-0.25, -0.2) is 13.9 Å². The van der Waals surface area contributed by atoms with Gasteiger partial charge in [-0.05, 0) is 31.5 Å². The number of ether oxygens (including phenoxy) is 1. The Hall–Kier alpha value is -4.01. The summed E-state index contributed by atoms with van der Waals surface area (Å²) in [6, 6.07) is 0.199. The Balaban J connectivity index is 1.56. The number of morpholine rings is 1. The van der Waals surface area contributed by atoms with Crippen LogP contribution in [0.3, 0.4) is 0 Å². The molecule has 0 unspecified atom stereocenters. The van der Waals surface area contributed by atoms with Gasteiger partial charge in [-0.15, -0.1) is 0 Å². The molecule has 0 radical (unpaired) electrons. The summed E-state index contributed by atoms with van der Waals surface area (Å²) in [5.74, 6) is -2.79. The molecule has 3 aromatic rings. The highest BCUT2D eigenvalue weighted by molar-refractivity contribution is 6.20. The number of nitrogens with one attached hydrogen (secondary N) is 2. The number of barbiturate groups is 1. The summed E-state index contributed by atoms with van der Waals surface area (Å²) in [5, 5.41) is 11.5. The molecule has 11 nitrogen and oxygen atoms in total. The molecule has 15 heteroatoms. The predicted molar refractivity (Wildman–Crippen MR) is 115 cm³/mol. The van der Waals surface area contributed by atoms with Crippen LogP contribution in [0.1, 0.15) is 25.1 Å². The van der Waals surface area contributed by atoms with Crippen molar-refractivity contribution in [1.82, 2.24) is 25.6 Å². The van der Waals surface area contributed by atoms with Crippen LogP contribution in [-0.2, 0) is 26.9 Å². The number of hydrogen-bond donors (Lipinski definition) is 2. The lowest BCUT2D eigenvalue weighted by atomic mass is 9.66. The molecule has 3 atom stereocenters. The van der Waals surface area contributed by atoms with Crippen LogP contribution in [0.5, 0.6) is 0 Å². The van der Waals surface area contributed by atoms with Crippen molar-refractivity contribution in [2.45, 2.75) is 44.7 Å². The Kier molecular flexibility index (Phi) is 4.74. The molecule has 2 aromatic heterocycles. The van der Waals surface area contributed by atoms with E-state index in [4.69, 9.17) is 9.26 Å². The highest BCUT2D eigenvalue weighted by Crippen LogP contribution is 2.49. The molecule has 0 aliphatic carbocycles. The van der Waals surface area contributed by atoms with Gasteiger partial charge in [0, 0.05) is 19.2 Å². The molecule has 37 heavy (non-hydrogen) atoms. The first kappa shape index (κ1) is 23.4. The van der Waals surface area contributed by atoms with Crippen LogP contribution in [0.25, 0.3) is 16.8 Å². The number of imide groups is 2. The number of aromatic nitrogens is 3. The topological polar surface area (TPSA) is 132 Å². The lowest BCUT2D eigenvalue weighted by Crippen LogP contribution is -2.75. The summed E-state index contributed by atoms with van der Waals surface area (Å²) in [6.45, 7) is 3.50. The average Bonchev–Trinajstić information content (AvgIpc) is 3.44. The fourth-order valence-electron chi connectivity index (χ4n) is 5.69. The molecule has 194 valence electrons. The number of rotatable bonds is 1. The monoisotopic (exact) mass is 522 g/mol. The second kappa shape index (κ2) is 7.50. The van der Waals surface area contributed by atoms with Gasteiger partial charge >= 0.3 is 12.2 Å². The minimum atomic E-state index is -4.71. The zero-order valence-corrected chi connectivity index (χ0v) is 19.2. The van der Waals surface area contributed by atoms with Crippen LogP contribution in [0, 0.1) is 11.2 Å². The Bertz CT molecular complexity index is 1480. The lowest BCUT2D eigenvalue weighted by molar-refractivity contribution is -0.153. The smallest absolute Gasteiger partial charge is 0.372 e. The van der Waals surface area contributed by atoms with Gasteiger partial charge in [-0.3, -0.25) is 20.2 Å². The fourth-order valence-corrected chi connectivity index (χ4v) is 5.69. The van der Waals surface area contributed by atoms with E-state index in [0.717, 1.165) is 16.9 Å². The molecule has 1 aromatic carbocycles. The van der Waals surface area contributed by atoms with Crippen molar-refractivity contribution >= 4 is 34.5 Å². The van der Waals surface area contributed by atoms with E-state index in [9.17, 15) is 27.6 Å². The average molecular weight is 522 g/mol. The lowest BCUT2D eigenvalue weighted by Gasteiger charge is -2.55. The van der Waals surface area contributed by atoms with E-state index in [1.165, 1.54) is 6.07 Å². The van der Waals surface area contributed by atoms with Gasteiger partial charge in [0.1, 0.15) is 0 Å². The van der Waals surface area contributed by atoms with Crippen LogP contribution < -0.4 is 15.5 Å². The number of urea groups is 1. The number of amides is 4. The first-order chi connectivity index (χ1) is 17.4. The molecule has 0 saturated carbocycles. The molecule has 4 amide bonds. The van der Waals surface area contributed by atoms with E-state index >= 15 is 4.39 Å². The summed E-state index contributed by atoms with van der Waals surface area (Å²) in [5.41, 5.74) is -3.10. The number of carbonyl (C=O) groups is 3. The summed E-state index contributed by atoms with van der Waals surface area (Å²) in [6.07, 6.45) is -5.14. The van der Waals surface area contributed by atoms with E-state index in [-0.39, 0.29) is 41.0 Å². The van der Waals surface area contributed by atoms with Gasteiger partial charge in [0.15, 0.2) is 16.9 Å². The summed E-state index contributed by atoms with van der Waals surface area (Å²) in [4.78, 5) is 39.9. The van der Waals surface area contributed by atoms with Crippen molar-refractivity contribution in [3.63, 3.8) is 0 Å². The predicted octanol–water partition coefficient (Wildman–Crippen LogP) is 2.06. The first-order valence-corrected chi connectivity index (χ1v) is 11.2. The van der Waals surface area contributed by atoms with Gasteiger partial charge in [0.25, 0.3) is 0 Å². The SMILES string of the molecule is C[C@H]1CN2c3c(cc4c(-n5ccc(C(F)(F)F)n5)noc4c3F)CC3(C(=O)NC(=O)NC3=O)[C@@H]2[C@@H](C)O1. The maximum Gasteiger partial charge on any atom is 0.435 e. The van der Waals surface area contributed by atoms with Crippen LogP contribution in [0.15, 0.2) is 22.9 Å². The van der Waals surface area contributed by atoms with Crippen LogP contribution in [0.2, 0.25) is 0 Å². The normalized spacial score (nSPS) is 25.2. The summed E-state index contributed by atoms with van der Waals surface area (Å²) in [7, 11) is 0. The van der Waals surface area contributed by atoms with Crippen molar-refractivity contribution in [3.8, 4) is 5.82 Å². The largest absolute Gasteiger partial charge is 0.435 e. The van der Waals surface area contributed by atoms with Gasteiger partial charge in [-0.1, -0.05) is 5.16 Å². The number of carbonyl (C=O) groups excluding carboxylic acids is 3. The fraction of sp³-hybridized carbons (Fsp3) is 0.409. The third kappa shape index (κ3) is 3.19. The first-order valence-electron chi connectivity index (χ1n) is 11.2. The van der Waals surface area contributed by atoms with E-state index in [2.05, 4.69) is 20.9 Å². The van der Waals surface area contributed by atoms with Crippen molar-refractivity contribution in [2.75, 3.05) is 11.4 Å². The Morgan fingerprint density at radius 1 is 1.16 bits per heavy atom. The van der Waals surface area contributed by atoms with E-state index < -0.39 is 59.2 Å². The molecule has 3 aliphatic heterocycles. The van der Waals surface area contributed by atoms with Crippen LogP contribution in [-0.4, -0.2) is 57.6 Å². The standard InChI is InChI=1S/C22H18F4N6O5/c1-8-7-31-14-10(6-21(16(31)9(2)36-8)18(33)27-20(35)28-19(21)34)5-11-15(13(14)23)37-30-17(11)32-4-3-12(29-32)22(24,25)26/h3-5,8-9,16H,6-7H2,1-2H3,(H2,27,28,33,34,35)/t8-,9+,16-/m0/s1. The highest BCUT2D eigenvalue weighted by atomic mass is 19.4. The van der Waals surface area contributed by atoms with Gasteiger partial charge in [0.2, 0.25) is 23.2 Å².